The van der Waals surface area contributed by atoms with Gasteiger partial charge >= 0.3 is 0 Å². The van der Waals surface area contributed by atoms with Crippen LogP contribution >= 0.6 is 0 Å². The molecule has 7 nitrogen and oxygen atoms in total. The number of anilines is 1. The number of rotatable bonds is 8. The van der Waals surface area contributed by atoms with Crippen LogP contribution in [0.25, 0.3) is 0 Å². The monoisotopic (exact) mass is 622 g/mol. The van der Waals surface area contributed by atoms with Gasteiger partial charge in [0, 0.05) is 33.3 Å². The molecule has 0 amide bonds. The molecule has 1 N–H and O–H groups in total. The number of hydrogen-bond donors (Lipinski definition) is 1. The molecule has 3 aliphatic heterocycles. The number of ether oxygens (including phenoxy) is 2. The predicted molar refractivity (Wildman–Crippen MR) is 178 cm³/mol. The Bertz CT molecular complexity index is 1220. The Balaban J connectivity index is 2.16. The smallest absolute Gasteiger partial charge is 0.250 e. The summed E-state index contributed by atoms with van der Waals surface area (Å²) in [7, 11) is -0.852. The van der Waals surface area contributed by atoms with Crippen LogP contribution in [0.3, 0.4) is 0 Å². The molecule has 0 radical (unpaired) electrons. The molecular weight excluding hydrogens is 565 g/mol. The summed E-state index contributed by atoms with van der Waals surface area (Å²) >= 11 is 0. The van der Waals surface area contributed by atoms with Crippen LogP contribution in [-0.4, -0.2) is 80.3 Å². The molecule has 2 fully saturated rings. The summed E-state index contributed by atoms with van der Waals surface area (Å²) in [4.78, 5) is 4.71. The average Bonchev–Trinajstić information content (AvgIpc) is 3.17. The number of methoxy groups -OCH3 is 2. The van der Waals surface area contributed by atoms with E-state index in [1.807, 2.05) is 0 Å². The Hall–Kier alpha value is -1.05. The Morgan fingerprint density at radius 2 is 1.34 bits per heavy atom. The standard InChI is InChI=1S/C31H58N2O5Si3/c1-20-24(37-40(14,15)28(2,3)4)23-22(26(25(20)35-9)38-41(16,17)29(5,6)7)30(34,19-39(11,12)13)31(36-10)27-21(32(27)8)18-33(23)31/h21,27,34H,18-19H2,1-17H3/t21-,27-,30?,31-,32?/m0/s1. The van der Waals surface area contributed by atoms with Crippen molar-refractivity contribution in [3.8, 4) is 17.2 Å². The Morgan fingerprint density at radius 1 is 0.854 bits per heavy atom. The van der Waals surface area contributed by atoms with Crippen LogP contribution in [-0.2, 0) is 10.3 Å². The van der Waals surface area contributed by atoms with Gasteiger partial charge in [-0.1, -0.05) is 61.2 Å². The van der Waals surface area contributed by atoms with Crippen LogP contribution in [0.5, 0.6) is 17.2 Å². The van der Waals surface area contributed by atoms with E-state index in [9.17, 15) is 5.11 Å². The fourth-order valence-electron chi connectivity index (χ4n) is 6.65. The van der Waals surface area contributed by atoms with Crippen molar-refractivity contribution in [2.75, 3.05) is 32.7 Å². The highest BCUT2D eigenvalue weighted by Gasteiger charge is 2.80. The van der Waals surface area contributed by atoms with E-state index in [2.05, 4.69) is 111 Å². The van der Waals surface area contributed by atoms with E-state index in [-0.39, 0.29) is 16.1 Å². The molecular formula is C31H58N2O5Si3. The van der Waals surface area contributed by atoms with Crippen molar-refractivity contribution in [3.05, 3.63) is 11.1 Å². The Morgan fingerprint density at radius 3 is 1.76 bits per heavy atom. The highest BCUT2D eigenvalue weighted by Crippen LogP contribution is 2.70. The van der Waals surface area contributed by atoms with E-state index in [0.717, 1.165) is 29.1 Å². The van der Waals surface area contributed by atoms with Gasteiger partial charge in [-0.3, -0.25) is 4.90 Å². The minimum Gasteiger partial charge on any atom is -0.542 e. The van der Waals surface area contributed by atoms with Gasteiger partial charge < -0.3 is 28.3 Å². The number of hydrogen-bond acceptors (Lipinski definition) is 7. The molecule has 0 aromatic heterocycles. The quantitative estimate of drug-likeness (QED) is 0.244. The molecule has 0 saturated carbocycles. The third-order valence-electron chi connectivity index (χ3n) is 10.9. The van der Waals surface area contributed by atoms with Crippen LogP contribution in [0.15, 0.2) is 0 Å². The Labute approximate surface area is 253 Å². The van der Waals surface area contributed by atoms with Crippen LogP contribution in [0, 0.1) is 6.92 Å². The summed E-state index contributed by atoms with van der Waals surface area (Å²) in [6.07, 6.45) is 0. The lowest BCUT2D eigenvalue weighted by atomic mass is 9.84. The normalized spacial score (nSPS) is 29.7. The average molecular weight is 623 g/mol. The van der Waals surface area contributed by atoms with Crippen LogP contribution in [0.4, 0.5) is 5.69 Å². The van der Waals surface area contributed by atoms with Gasteiger partial charge in [0.15, 0.2) is 17.2 Å². The number of benzene rings is 1. The summed E-state index contributed by atoms with van der Waals surface area (Å²) in [5.74, 6) is 2.17. The van der Waals surface area contributed by atoms with Crippen molar-refractivity contribution in [1.29, 1.82) is 0 Å². The van der Waals surface area contributed by atoms with Gasteiger partial charge in [0.1, 0.15) is 11.4 Å². The van der Waals surface area contributed by atoms with E-state index in [1.165, 1.54) is 0 Å². The lowest BCUT2D eigenvalue weighted by molar-refractivity contribution is -0.158. The molecule has 10 heteroatoms. The molecule has 1 aromatic carbocycles. The number of aliphatic hydroxyl groups is 1. The van der Waals surface area contributed by atoms with Gasteiger partial charge in [0.2, 0.25) is 0 Å². The molecule has 0 aliphatic carbocycles. The summed E-state index contributed by atoms with van der Waals surface area (Å²) in [5.41, 5.74) is 0.438. The van der Waals surface area contributed by atoms with Crippen molar-refractivity contribution >= 4 is 30.4 Å². The van der Waals surface area contributed by atoms with E-state index in [0.29, 0.717) is 23.6 Å². The van der Waals surface area contributed by atoms with E-state index in [4.69, 9.17) is 18.3 Å². The van der Waals surface area contributed by atoms with Gasteiger partial charge in [0.25, 0.3) is 16.6 Å². The first-order valence-corrected chi connectivity index (χ1v) is 24.8. The zero-order chi connectivity index (χ0) is 31.5. The lowest BCUT2D eigenvalue weighted by Crippen LogP contribution is -2.63. The second-order valence-corrected chi connectivity index (χ2v) is 32.0. The van der Waals surface area contributed by atoms with Gasteiger partial charge in [-0.05, 0) is 56.3 Å². The first kappa shape index (κ1) is 32.9. The maximum Gasteiger partial charge on any atom is 0.250 e. The van der Waals surface area contributed by atoms with E-state index in [1.54, 1.807) is 14.2 Å². The van der Waals surface area contributed by atoms with Crippen LogP contribution in [0.1, 0.15) is 52.7 Å². The largest absolute Gasteiger partial charge is 0.542 e. The fraction of sp³-hybridized carbons (Fsp3) is 0.806. The molecule has 2 unspecified atom stereocenters. The molecule has 1 aromatic rings. The number of fused-ring (bicyclic) bond motifs is 5. The zero-order valence-corrected chi connectivity index (χ0v) is 32.0. The van der Waals surface area contributed by atoms with Crippen molar-refractivity contribution in [2.45, 2.75) is 134 Å². The number of likely N-dealkylation sites (N-methyl/N-ethyl adjacent to an activating group) is 1. The summed E-state index contributed by atoms with van der Waals surface area (Å²) in [6.45, 7) is 32.5. The topological polar surface area (TPSA) is 63.4 Å². The van der Waals surface area contributed by atoms with Crippen LogP contribution < -0.4 is 18.5 Å². The molecule has 2 saturated heterocycles. The van der Waals surface area contributed by atoms with Crippen molar-refractivity contribution in [3.63, 3.8) is 0 Å². The van der Waals surface area contributed by atoms with Crippen molar-refractivity contribution < 1.29 is 23.4 Å². The molecule has 41 heavy (non-hydrogen) atoms. The molecule has 3 aliphatic rings. The SMILES string of the molecule is COc1c(C)c(O[Si](C)(C)C(C)(C)C)c2c(c1O[Si](C)(C)C(C)(C)C)C(O)(C[Si](C)(C)C)[C@@]1(OC)[C@@H]3[C@H](CN21)N3C. The third-order valence-corrected chi connectivity index (χ3v) is 21.1. The Kier molecular flexibility index (Phi) is 7.59. The first-order chi connectivity index (χ1) is 18.3. The minimum absolute atomic E-state index is 0.00515. The zero-order valence-electron chi connectivity index (χ0n) is 29.0. The second kappa shape index (κ2) is 9.47. The number of piperazine rings is 1. The van der Waals surface area contributed by atoms with Crippen molar-refractivity contribution in [1.82, 2.24) is 4.90 Å². The van der Waals surface area contributed by atoms with Gasteiger partial charge in [-0.15, -0.1) is 0 Å². The van der Waals surface area contributed by atoms with Crippen molar-refractivity contribution in [2.24, 2.45) is 0 Å². The maximum absolute atomic E-state index is 13.5. The second-order valence-electron chi connectivity index (χ2n) is 17.1. The molecule has 4 rings (SSSR count). The maximum atomic E-state index is 13.5. The predicted octanol–water partition coefficient (Wildman–Crippen LogP) is 7.16. The summed E-state index contributed by atoms with van der Waals surface area (Å²) < 4.78 is 27.3. The molecule has 0 bridgehead atoms. The summed E-state index contributed by atoms with van der Waals surface area (Å²) in [6, 6.07) is 1.03. The number of nitrogens with zero attached hydrogens (tertiary/aromatic N) is 2. The van der Waals surface area contributed by atoms with Crippen LogP contribution in [0.2, 0.25) is 61.9 Å². The van der Waals surface area contributed by atoms with E-state index >= 15 is 0 Å². The highest BCUT2D eigenvalue weighted by molar-refractivity contribution is 6.76. The fourth-order valence-corrected chi connectivity index (χ4v) is 10.7. The summed E-state index contributed by atoms with van der Waals surface area (Å²) in [5, 5.41) is 13.4. The van der Waals surface area contributed by atoms with Gasteiger partial charge in [0.05, 0.1) is 24.4 Å². The molecule has 234 valence electrons. The molecule has 0 spiro atoms. The third kappa shape index (κ3) is 4.65. The first-order valence-electron chi connectivity index (χ1n) is 15.2. The van der Waals surface area contributed by atoms with Gasteiger partial charge in [-0.25, -0.2) is 0 Å². The van der Waals surface area contributed by atoms with E-state index < -0.39 is 36.0 Å². The lowest BCUT2D eigenvalue weighted by Gasteiger charge is -2.47. The highest BCUT2D eigenvalue weighted by atomic mass is 28.4. The minimum atomic E-state index is -2.35. The molecule has 3 heterocycles. The molecule has 5 atom stereocenters. The van der Waals surface area contributed by atoms with Gasteiger partial charge in [-0.2, -0.15) is 0 Å².